The fourth-order valence-electron chi connectivity index (χ4n) is 2.44. The van der Waals surface area contributed by atoms with E-state index < -0.39 is 5.82 Å². The number of hydrogen-bond donors (Lipinski definition) is 2. The van der Waals surface area contributed by atoms with Crippen molar-refractivity contribution in [3.8, 4) is 0 Å². The Bertz CT molecular complexity index is 690. The number of carbonyl (C=O) groups is 1. The number of amides is 1. The molecular weight excluding hydrogens is 335 g/mol. The van der Waals surface area contributed by atoms with Crippen LogP contribution in [-0.2, 0) is 17.8 Å². The fraction of sp³-hybridized carbons (Fsp3) is 0.188. The van der Waals surface area contributed by atoms with E-state index >= 15 is 0 Å². The Balaban J connectivity index is 1.70. The molecule has 1 aliphatic heterocycles. The van der Waals surface area contributed by atoms with Crippen molar-refractivity contribution in [1.82, 2.24) is 5.32 Å². The summed E-state index contributed by atoms with van der Waals surface area (Å²) in [6, 6.07) is 12.3. The molecule has 3 nitrogen and oxygen atoms in total. The quantitative estimate of drug-likeness (QED) is 0.874. The number of rotatable bonds is 2. The van der Waals surface area contributed by atoms with Crippen LogP contribution in [-0.4, -0.2) is 11.9 Å². The van der Waals surface area contributed by atoms with Crippen LogP contribution in [0.25, 0.3) is 0 Å². The molecule has 0 fully saturated rings. The molecule has 0 spiro atoms. The molecule has 5 heteroatoms. The molecule has 1 atom stereocenters. The van der Waals surface area contributed by atoms with Crippen LogP contribution >= 0.6 is 15.9 Å². The molecule has 2 aromatic rings. The number of benzene rings is 2. The molecule has 0 unspecified atom stereocenters. The highest BCUT2D eigenvalue weighted by Gasteiger charge is 2.23. The van der Waals surface area contributed by atoms with Gasteiger partial charge in [-0.2, -0.15) is 0 Å². The van der Waals surface area contributed by atoms with Crippen LogP contribution in [0.1, 0.15) is 11.1 Å². The van der Waals surface area contributed by atoms with E-state index in [1.807, 2.05) is 18.2 Å². The summed E-state index contributed by atoms with van der Waals surface area (Å²) in [6.07, 6.45) is 0.640. The van der Waals surface area contributed by atoms with Crippen LogP contribution in [0.5, 0.6) is 0 Å². The van der Waals surface area contributed by atoms with Gasteiger partial charge in [-0.05, 0) is 51.7 Å². The summed E-state index contributed by atoms with van der Waals surface area (Å²) in [5, 5.41) is 5.95. The minimum atomic E-state index is -0.394. The van der Waals surface area contributed by atoms with Crippen LogP contribution < -0.4 is 10.6 Å². The van der Waals surface area contributed by atoms with Crippen molar-refractivity contribution in [3.63, 3.8) is 0 Å². The summed E-state index contributed by atoms with van der Waals surface area (Å²) in [5.74, 6) is -0.541. The van der Waals surface area contributed by atoms with Gasteiger partial charge < -0.3 is 10.6 Å². The second kappa shape index (κ2) is 5.95. The molecule has 1 amide bonds. The fourth-order valence-corrected chi connectivity index (χ4v) is 2.69. The van der Waals surface area contributed by atoms with Crippen molar-refractivity contribution in [1.29, 1.82) is 0 Å². The van der Waals surface area contributed by atoms with Gasteiger partial charge in [0.1, 0.15) is 5.82 Å². The molecule has 108 valence electrons. The van der Waals surface area contributed by atoms with E-state index in [1.165, 1.54) is 17.2 Å². The Hall–Kier alpha value is -1.72. The summed E-state index contributed by atoms with van der Waals surface area (Å²) in [7, 11) is 0. The highest BCUT2D eigenvalue weighted by atomic mass is 79.9. The average Bonchev–Trinajstić information content (AvgIpc) is 2.50. The third-order valence-electron chi connectivity index (χ3n) is 3.58. The molecule has 1 heterocycles. The highest BCUT2D eigenvalue weighted by Crippen LogP contribution is 2.21. The summed E-state index contributed by atoms with van der Waals surface area (Å²) < 4.78 is 13.8. The lowest BCUT2D eigenvalue weighted by molar-refractivity contribution is -0.118. The van der Waals surface area contributed by atoms with Crippen LogP contribution in [0.2, 0.25) is 0 Å². The van der Waals surface area contributed by atoms with Crippen molar-refractivity contribution in [2.45, 2.75) is 19.0 Å². The van der Waals surface area contributed by atoms with Crippen LogP contribution in [0.15, 0.2) is 46.9 Å². The number of nitrogens with one attached hydrogen (secondary N) is 2. The third-order valence-corrected chi connectivity index (χ3v) is 4.23. The van der Waals surface area contributed by atoms with Gasteiger partial charge in [-0.1, -0.05) is 24.3 Å². The summed E-state index contributed by atoms with van der Waals surface area (Å²) in [4.78, 5) is 12.3. The van der Waals surface area contributed by atoms with Gasteiger partial charge in [-0.25, -0.2) is 4.39 Å². The van der Waals surface area contributed by atoms with E-state index in [-0.39, 0.29) is 11.9 Å². The van der Waals surface area contributed by atoms with Crippen molar-refractivity contribution in [2.24, 2.45) is 0 Å². The summed E-state index contributed by atoms with van der Waals surface area (Å²) in [6.45, 7) is 0.670. The summed E-state index contributed by atoms with van der Waals surface area (Å²) in [5.41, 5.74) is 2.86. The first-order valence-electron chi connectivity index (χ1n) is 6.69. The first-order chi connectivity index (χ1) is 10.1. The zero-order valence-corrected chi connectivity index (χ0v) is 12.8. The maximum absolute atomic E-state index is 13.5. The number of hydrogen-bond acceptors (Lipinski definition) is 2. The topological polar surface area (TPSA) is 41.1 Å². The molecule has 2 N–H and O–H groups in total. The maximum Gasteiger partial charge on any atom is 0.241 e. The third kappa shape index (κ3) is 3.14. The van der Waals surface area contributed by atoms with Gasteiger partial charge in [0.2, 0.25) is 5.91 Å². The monoisotopic (exact) mass is 348 g/mol. The van der Waals surface area contributed by atoms with E-state index in [0.29, 0.717) is 23.1 Å². The predicted molar refractivity (Wildman–Crippen MR) is 83.5 cm³/mol. The molecule has 3 rings (SSSR count). The maximum atomic E-state index is 13.5. The van der Waals surface area contributed by atoms with Crippen LogP contribution in [0.4, 0.5) is 10.1 Å². The van der Waals surface area contributed by atoms with Gasteiger partial charge >= 0.3 is 0 Å². The van der Waals surface area contributed by atoms with E-state index in [1.54, 1.807) is 12.1 Å². The first-order valence-corrected chi connectivity index (χ1v) is 7.49. The molecule has 21 heavy (non-hydrogen) atoms. The molecule has 0 bridgehead atoms. The van der Waals surface area contributed by atoms with E-state index in [9.17, 15) is 9.18 Å². The summed E-state index contributed by atoms with van der Waals surface area (Å²) >= 11 is 3.09. The largest absolute Gasteiger partial charge is 0.325 e. The Morgan fingerprint density at radius 2 is 2.00 bits per heavy atom. The number of fused-ring (bicyclic) bond motifs is 1. The zero-order chi connectivity index (χ0) is 14.8. The number of halogens is 2. The van der Waals surface area contributed by atoms with Gasteiger partial charge in [0.15, 0.2) is 0 Å². The van der Waals surface area contributed by atoms with Crippen molar-refractivity contribution < 1.29 is 9.18 Å². The van der Waals surface area contributed by atoms with Crippen molar-refractivity contribution in [3.05, 3.63) is 63.9 Å². The van der Waals surface area contributed by atoms with Gasteiger partial charge in [0.05, 0.1) is 10.5 Å². The minimum Gasteiger partial charge on any atom is -0.325 e. The van der Waals surface area contributed by atoms with E-state index in [2.05, 4.69) is 32.6 Å². The second-order valence-corrected chi connectivity index (χ2v) is 5.88. The lowest BCUT2D eigenvalue weighted by Gasteiger charge is -2.25. The van der Waals surface area contributed by atoms with E-state index in [4.69, 9.17) is 0 Å². The molecule has 0 saturated heterocycles. The lowest BCUT2D eigenvalue weighted by atomic mass is 9.95. The molecule has 2 aromatic carbocycles. The minimum absolute atomic E-state index is 0.147. The standard InChI is InChI=1S/C16H14BrFN2O/c17-13-6-5-12(8-14(13)18)20-16(21)15-7-10-3-1-2-4-11(10)9-19-15/h1-6,8,15,19H,7,9H2,(H,20,21)/t15-/m1/s1. The SMILES string of the molecule is O=C(Nc1ccc(Br)c(F)c1)[C@H]1Cc2ccccc2CN1. The molecular formula is C16H14BrFN2O. The van der Waals surface area contributed by atoms with Crippen LogP contribution in [0.3, 0.4) is 0 Å². The Kier molecular flexibility index (Phi) is 4.03. The molecule has 1 aliphatic rings. The predicted octanol–water partition coefficient (Wildman–Crippen LogP) is 3.24. The second-order valence-electron chi connectivity index (χ2n) is 5.02. The van der Waals surface area contributed by atoms with Gasteiger partial charge in [0.25, 0.3) is 0 Å². The smallest absolute Gasteiger partial charge is 0.241 e. The Morgan fingerprint density at radius 1 is 1.24 bits per heavy atom. The van der Waals surface area contributed by atoms with Gasteiger partial charge in [0, 0.05) is 12.2 Å². The van der Waals surface area contributed by atoms with Crippen molar-refractivity contribution >= 4 is 27.5 Å². The van der Waals surface area contributed by atoms with Crippen LogP contribution in [0, 0.1) is 5.82 Å². The zero-order valence-electron chi connectivity index (χ0n) is 11.2. The first kappa shape index (κ1) is 14.2. The Morgan fingerprint density at radius 3 is 2.76 bits per heavy atom. The average molecular weight is 349 g/mol. The normalized spacial score (nSPS) is 17.1. The number of anilines is 1. The lowest BCUT2D eigenvalue weighted by Crippen LogP contribution is -2.44. The Labute approximate surface area is 130 Å². The van der Waals surface area contributed by atoms with Crippen molar-refractivity contribution in [2.75, 3.05) is 5.32 Å². The molecule has 0 aliphatic carbocycles. The van der Waals surface area contributed by atoms with E-state index in [0.717, 1.165) is 0 Å². The highest BCUT2D eigenvalue weighted by molar-refractivity contribution is 9.10. The molecule has 0 saturated carbocycles. The van der Waals surface area contributed by atoms with Gasteiger partial charge in [-0.15, -0.1) is 0 Å². The van der Waals surface area contributed by atoms with Gasteiger partial charge in [-0.3, -0.25) is 4.79 Å². The molecule has 0 radical (unpaired) electrons. The molecule has 0 aromatic heterocycles. The number of carbonyl (C=O) groups excluding carboxylic acids is 1.